The summed E-state index contributed by atoms with van der Waals surface area (Å²) in [7, 11) is 0. The minimum absolute atomic E-state index is 0.147. The van der Waals surface area contributed by atoms with E-state index < -0.39 is 11.9 Å². The monoisotopic (exact) mass is 171 g/mol. The van der Waals surface area contributed by atoms with Crippen molar-refractivity contribution >= 4 is 11.9 Å². The average molecular weight is 171 g/mol. The highest BCUT2D eigenvalue weighted by atomic mass is 16.4. The van der Waals surface area contributed by atoms with Crippen molar-refractivity contribution in [1.82, 2.24) is 4.90 Å². The molecule has 1 aliphatic heterocycles. The standard InChI is InChI=1S/C8H13NO3/c1-2-6-4-3-5-9(6)7(10)8(11)12/h6H,2-5H2,1H3,(H,11,12). The summed E-state index contributed by atoms with van der Waals surface area (Å²) in [6, 6.07) is 0.147. The largest absolute Gasteiger partial charge is 0.474 e. The van der Waals surface area contributed by atoms with Crippen LogP contribution in [0.1, 0.15) is 26.2 Å². The molecule has 1 rings (SSSR count). The summed E-state index contributed by atoms with van der Waals surface area (Å²) in [5.74, 6) is -2.09. The number of likely N-dealkylation sites (tertiary alicyclic amines) is 1. The molecule has 4 nitrogen and oxygen atoms in total. The van der Waals surface area contributed by atoms with E-state index in [0.29, 0.717) is 6.54 Å². The van der Waals surface area contributed by atoms with E-state index in [4.69, 9.17) is 5.11 Å². The van der Waals surface area contributed by atoms with Crippen LogP contribution in [0.25, 0.3) is 0 Å². The van der Waals surface area contributed by atoms with Crippen LogP contribution in [0.15, 0.2) is 0 Å². The van der Waals surface area contributed by atoms with Crippen molar-refractivity contribution in [2.75, 3.05) is 6.54 Å². The minimum Gasteiger partial charge on any atom is -0.474 e. The molecule has 1 fully saturated rings. The first-order valence-electron chi connectivity index (χ1n) is 4.20. The molecule has 0 spiro atoms. The van der Waals surface area contributed by atoms with E-state index in [1.807, 2.05) is 6.92 Å². The second-order valence-electron chi connectivity index (χ2n) is 3.01. The zero-order valence-electron chi connectivity index (χ0n) is 7.12. The van der Waals surface area contributed by atoms with E-state index in [0.717, 1.165) is 19.3 Å². The predicted molar refractivity (Wildman–Crippen MR) is 42.7 cm³/mol. The van der Waals surface area contributed by atoms with Gasteiger partial charge in [0.1, 0.15) is 0 Å². The van der Waals surface area contributed by atoms with Gasteiger partial charge < -0.3 is 10.0 Å². The Bertz CT molecular complexity index is 202. The van der Waals surface area contributed by atoms with Crippen molar-refractivity contribution in [2.24, 2.45) is 0 Å². The van der Waals surface area contributed by atoms with Crippen LogP contribution in [0.2, 0.25) is 0 Å². The van der Waals surface area contributed by atoms with Gasteiger partial charge in [0, 0.05) is 12.6 Å². The van der Waals surface area contributed by atoms with Crippen LogP contribution >= 0.6 is 0 Å². The van der Waals surface area contributed by atoms with E-state index in [2.05, 4.69) is 0 Å². The predicted octanol–water partition coefficient (Wildman–Crippen LogP) is 0.472. The van der Waals surface area contributed by atoms with Crippen LogP contribution in [-0.4, -0.2) is 34.5 Å². The third-order valence-corrected chi connectivity index (χ3v) is 2.29. The number of nitrogens with zero attached hydrogens (tertiary/aromatic N) is 1. The van der Waals surface area contributed by atoms with Gasteiger partial charge in [0.05, 0.1) is 0 Å². The van der Waals surface area contributed by atoms with Gasteiger partial charge in [-0.15, -0.1) is 0 Å². The Labute approximate surface area is 71.2 Å². The normalized spacial score (nSPS) is 22.8. The Balaban J connectivity index is 2.61. The highest BCUT2D eigenvalue weighted by Gasteiger charge is 2.30. The average Bonchev–Trinajstić information content (AvgIpc) is 2.49. The van der Waals surface area contributed by atoms with Crippen molar-refractivity contribution in [3.8, 4) is 0 Å². The number of carbonyl (C=O) groups excluding carboxylic acids is 1. The van der Waals surface area contributed by atoms with Crippen LogP contribution in [0, 0.1) is 0 Å². The Morgan fingerprint density at radius 3 is 2.75 bits per heavy atom. The van der Waals surface area contributed by atoms with Crippen LogP contribution in [0.4, 0.5) is 0 Å². The van der Waals surface area contributed by atoms with Crippen molar-refractivity contribution in [2.45, 2.75) is 32.2 Å². The maximum Gasteiger partial charge on any atom is 0.394 e. The lowest BCUT2D eigenvalue weighted by atomic mass is 10.2. The van der Waals surface area contributed by atoms with Gasteiger partial charge in [-0.1, -0.05) is 6.92 Å². The van der Waals surface area contributed by atoms with Gasteiger partial charge in [-0.25, -0.2) is 4.79 Å². The summed E-state index contributed by atoms with van der Waals surface area (Å²) >= 11 is 0. The van der Waals surface area contributed by atoms with Crippen molar-refractivity contribution in [3.05, 3.63) is 0 Å². The van der Waals surface area contributed by atoms with Crippen molar-refractivity contribution in [3.63, 3.8) is 0 Å². The molecule has 0 aliphatic carbocycles. The van der Waals surface area contributed by atoms with Gasteiger partial charge in [-0.05, 0) is 19.3 Å². The second kappa shape index (κ2) is 3.56. The van der Waals surface area contributed by atoms with Gasteiger partial charge in [-0.3, -0.25) is 4.79 Å². The van der Waals surface area contributed by atoms with E-state index in [1.54, 1.807) is 0 Å². The molecule has 0 aromatic heterocycles. The molecule has 1 N–H and O–H groups in total. The molecule has 1 aliphatic rings. The summed E-state index contributed by atoms with van der Waals surface area (Å²) in [5, 5.41) is 8.46. The third kappa shape index (κ3) is 1.57. The van der Waals surface area contributed by atoms with Gasteiger partial charge in [0.25, 0.3) is 0 Å². The molecule has 12 heavy (non-hydrogen) atoms. The van der Waals surface area contributed by atoms with Gasteiger partial charge in [0.2, 0.25) is 0 Å². The molecular weight excluding hydrogens is 158 g/mol. The Morgan fingerprint density at radius 1 is 1.58 bits per heavy atom. The van der Waals surface area contributed by atoms with E-state index in [9.17, 15) is 9.59 Å². The summed E-state index contributed by atoms with van der Waals surface area (Å²) in [5.41, 5.74) is 0. The van der Waals surface area contributed by atoms with E-state index in [-0.39, 0.29) is 6.04 Å². The topological polar surface area (TPSA) is 57.6 Å². The number of carboxylic acids is 1. The van der Waals surface area contributed by atoms with Crippen LogP contribution in [0.5, 0.6) is 0 Å². The SMILES string of the molecule is CCC1CCCN1C(=O)C(=O)O. The molecule has 1 atom stereocenters. The van der Waals surface area contributed by atoms with Crippen molar-refractivity contribution in [1.29, 1.82) is 0 Å². The summed E-state index contributed by atoms with van der Waals surface area (Å²) in [4.78, 5) is 22.9. The van der Waals surface area contributed by atoms with E-state index in [1.165, 1.54) is 4.90 Å². The number of aliphatic carboxylic acids is 1. The van der Waals surface area contributed by atoms with Crippen LogP contribution in [-0.2, 0) is 9.59 Å². The molecule has 68 valence electrons. The third-order valence-electron chi connectivity index (χ3n) is 2.29. The molecule has 0 bridgehead atoms. The molecule has 4 heteroatoms. The van der Waals surface area contributed by atoms with E-state index >= 15 is 0 Å². The molecule has 1 heterocycles. The zero-order chi connectivity index (χ0) is 9.14. The molecule has 1 unspecified atom stereocenters. The van der Waals surface area contributed by atoms with Gasteiger partial charge in [0.15, 0.2) is 0 Å². The number of rotatable bonds is 1. The maximum atomic E-state index is 11.0. The Hall–Kier alpha value is -1.06. The second-order valence-corrected chi connectivity index (χ2v) is 3.01. The Kier molecular flexibility index (Phi) is 2.68. The fourth-order valence-electron chi connectivity index (χ4n) is 1.65. The lowest BCUT2D eigenvalue weighted by Gasteiger charge is -2.20. The van der Waals surface area contributed by atoms with Gasteiger partial charge >= 0.3 is 11.9 Å². The maximum absolute atomic E-state index is 11.0. The number of hydrogen-bond donors (Lipinski definition) is 1. The first-order chi connectivity index (χ1) is 5.66. The fourth-order valence-corrected chi connectivity index (χ4v) is 1.65. The lowest BCUT2D eigenvalue weighted by molar-refractivity contribution is -0.156. The molecule has 1 amide bonds. The quantitative estimate of drug-likeness (QED) is 0.583. The molecular formula is C8H13NO3. The number of hydrogen-bond acceptors (Lipinski definition) is 2. The van der Waals surface area contributed by atoms with Crippen LogP contribution in [0.3, 0.4) is 0 Å². The minimum atomic E-state index is -1.34. The molecule has 0 aromatic carbocycles. The molecule has 1 saturated heterocycles. The summed E-state index contributed by atoms with van der Waals surface area (Å²) < 4.78 is 0. The summed E-state index contributed by atoms with van der Waals surface area (Å²) in [6.45, 7) is 2.57. The molecule has 0 aromatic rings. The van der Waals surface area contributed by atoms with Gasteiger partial charge in [-0.2, -0.15) is 0 Å². The molecule has 0 saturated carbocycles. The van der Waals surface area contributed by atoms with Crippen molar-refractivity contribution < 1.29 is 14.7 Å². The van der Waals surface area contributed by atoms with Crippen LogP contribution < -0.4 is 0 Å². The fraction of sp³-hybridized carbons (Fsp3) is 0.750. The number of carbonyl (C=O) groups is 2. The highest BCUT2D eigenvalue weighted by Crippen LogP contribution is 2.19. The smallest absolute Gasteiger partial charge is 0.394 e. The molecule has 0 radical (unpaired) electrons. The first-order valence-corrected chi connectivity index (χ1v) is 4.20. The number of amides is 1. The Morgan fingerprint density at radius 2 is 2.25 bits per heavy atom. The zero-order valence-corrected chi connectivity index (χ0v) is 7.12. The highest BCUT2D eigenvalue weighted by molar-refractivity contribution is 6.31. The summed E-state index contributed by atoms with van der Waals surface area (Å²) in [6.07, 6.45) is 2.71. The number of carboxylic acid groups (broad SMARTS) is 1. The lowest BCUT2D eigenvalue weighted by Crippen LogP contribution is -2.39. The first kappa shape index (κ1) is 9.03.